The van der Waals surface area contributed by atoms with Gasteiger partial charge in [0.1, 0.15) is 29.9 Å². The summed E-state index contributed by atoms with van der Waals surface area (Å²) < 4.78 is 30.7. The van der Waals surface area contributed by atoms with E-state index < -0.39 is 28.8 Å². The van der Waals surface area contributed by atoms with Crippen LogP contribution >= 0.6 is 11.6 Å². The van der Waals surface area contributed by atoms with Crippen molar-refractivity contribution in [1.82, 2.24) is 24.3 Å². The van der Waals surface area contributed by atoms with Gasteiger partial charge in [0.2, 0.25) is 0 Å². The van der Waals surface area contributed by atoms with Crippen molar-refractivity contribution >= 4 is 22.5 Å². The first-order valence-corrected chi connectivity index (χ1v) is 9.34. The zero-order valence-corrected chi connectivity index (χ0v) is 16.5. The molecule has 0 aliphatic carbocycles. The summed E-state index contributed by atoms with van der Waals surface area (Å²) in [5.74, 6) is -1.73. The Labute approximate surface area is 174 Å². The molecular formula is C20H16ClF2N5O2. The van der Waals surface area contributed by atoms with Gasteiger partial charge in [-0.25, -0.2) is 23.4 Å². The van der Waals surface area contributed by atoms with Crippen LogP contribution in [0.1, 0.15) is 18.5 Å². The predicted molar refractivity (Wildman–Crippen MR) is 106 cm³/mol. The van der Waals surface area contributed by atoms with Crippen LogP contribution in [0.5, 0.6) is 0 Å². The fourth-order valence-electron chi connectivity index (χ4n) is 3.46. The van der Waals surface area contributed by atoms with E-state index in [0.717, 1.165) is 12.1 Å². The van der Waals surface area contributed by atoms with Crippen LogP contribution in [-0.2, 0) is 12.1 Å². The lowest BCUT2D eigenvalue weighted by Gasteiger charge is -2.35. The van der Waals surface area contributed by atoms with Gasteiger partial charge in [-0.05, 0) is 31.2 Å². The number of aromatic nitrogens is 5. The summed E-state index contributed by atoms with van der Waals surface area (Å²) in [6, 6.07) is 6.51. The molecular weight excluding hydrogens is 416 g/mol. The van der Waals surface area contributed by atoms with Gasteiger partial charge in [0, 0.05) is 16.7 Å². The summed E-state index contributed by atoms with van der Waals surface area (Å²) in [5, 5.41) is 16.3. The lowest BCUT2D eigenvalue weighted by Crippen LogP contribution is -2.43. The molecule has 0 saturated heterocycles. The molecule has 4 rings (SSSR count). The highest BCUT2D eigenvalue weighted by atomic mass is 35.5. The molecule has 1 unspecified atom stereocenters. The molecule has 2 heterocycles. The monoisotopic (exact) mass is 431 g/mol. The third-order valence-corrected chi connectivity index (χ3v) is 5.36. The van der Waals surface area contributed by atoms with Gasteiger partial charge in [0.15, 0.2) is 0 Å². The number of hydrogen-bond acceptors (Lipinski definition) is 5. The fourth-order valence-corrected chi connectivity index (χ4v) is 3.62. The molecule has 0 saturated carbocycles. The summed E-state index contributed by atoms with van der Waals surface area (Å²) in [6.07, 6.45) is 3.88. The highest BCUT2D eigenvalue weighted by Gasteiger charge is 2.41. The van der Waals surface area contributed by atoms with E-state index in [4.69, 9.17) is 11.6 Å². The van der Waals surface area contributed by atoms with Gasteiger partial charge in [0.05, 0.1) is 29.8 Å². The summed E-state index contributed by atoms with van der Waals surface area (Å²) in [6.45, 7) is 1.31. The maximum atomic E-state index is 14.7. The Balaban J connectivity index is 1.88. The maximum absolute atomic E-state index is 14.7. The van der Waals surface area contributed by atoms with E-state index in [9.17, 15) is 18.7 Å². The van der Waals surface area contributed by atoms with Crippen LogP contribution in [0.3, 0.4) is 0 Å². The van der Waals surface area contributed by atoms with Crippen molar-refractivity contribution in [3.8, 4) is 0 Å². The van der Waals surface area contributed by atoms with Gasteiger partial charge in [-0.2, -0.15) is 5.10 Å². The Bertz CT molecular complexity index is 1280. The zero-order chi connectivity index (χ0) is 21.5. The number of rotatable bonds is 5. The highest BCUT2D eigenvalue weighted by Crippen LogP contribution is 2.36. The second kappa shape index (κ2) is 7.58. The minimum absolute atomic E-state index is 0.185. The fraction of sp³-hybridized carbons (Fsp3) is 0.200. The van der Waals surface area contributed by atoms with E-state index in [1.807, 2.05) is 0 Å². The van der Waals surface area contributed by atoms with Crippen LogP contribution in [0.15, 0.2) is 60.2 Å². The topological polar surface area (TPSA) is 85.8 Å². The third-order valence-electron chi connectivity index (χ3n) is 5.12. The van der Waals surface area contributed by atoms with Crippen molar-refractivity contribution < 1.29 is 13.9 Å². The van der Waals surface area contributed by atoms with Crippen molar-refractivity contribution in [2.45, 2.75) is 25.1 Å². The zero-order valence-electron chi connectivity index (χ0n) is 15.7. The Morgan fingerprint density at radius 1 is 1.20 bits per heavy atom. The Morgan fingerprint density at radius 3 is 2.70 bits per heavy atom. The SMILES string of the molecule is C[C@@H](n1cnc2cc(Cl)ccc2c1=O)C(O)(Cn1cncn1)c1ccc(F)cc1F. The summed E-state index contributed by atoms with van der Waals surface area (Å²) in [4.78, 5) is 21.2. The van der Waals surface area contributed by atoms with Crippen LogP contribution < -0.4 is 5.56 Å². The Morgan fingerprint density at radius 2 is 2.00 bits per heavy atom. The average Bonchev–Trinajstić information content (AvgIpc) is 3.20. The van der Waals surface area contributed by atoms with E-state index in [1.54, 1.807) is 19.1 Å². The molecule has 7 nitrogen and oxygen atoms in total. The molecule has 2 aromatic carbocycles. The Hall–Kier alpha value is -3.17. The summed E-state index contributed by atoms with van der Waals surface area (Å²) >= 11 is 5.96. The summed E-state index contributed by atoms with van der Waals surface area (Å²) in [5.41, 5.74) is -2.21. The molecule has 30 heavy (non-hydrogen) atoms. The smallest absolute Gasteiger partial charge is 0.261 e. The lowest BCUT2D eigenvalue weighted by molar-refractivity contribution is -0.0343. The highest BCUT2D eigenvalue weighted by molar-refractivity contribution is 6.31. The number of aliphatic hydroxyl groups is 1. The van der Waals surface area contributed by atoms with Crippen LogP contribution in [0.2, 0.25) is 5.02 Å². The van der Waals surface area contributed by atoms with Gasteiger partial charge < -0.3 is 5.11 Å². The number of fused-ring (bicyclic) bond motifs is 1. The Kier molecular flexibility index (Phi) is 5.08. The average molecular weight is 432 g/mol. The van der Waals surface area contributed by atoms with E-state index in [0.29, 0.717) is 16.6 Å². The van der Waals surface area contributed by atoms with Crippen molar-refractivity contribution in [2.24, 2.45) is 0 Å². The second-order valence-electron chi connectivity index (χ2n) is 6.94. The molecule has 1 N–H and O–H groups in total. The molecule has 0 aliphatic heterocycles. The number of halogens is 3. The van der Waals surface area contributed by atoms with Gasteiger partial charge in [0.25, 0.3) is 5.56 Å². The molecule has 2 atom stereocenters. The normalized spacial score (nSPS) is 14.6. The molecule has 2 aromatic heterocycles. The molecule has 154 valence electrons. The van der Waals surface area contributed by atoms with Crippen molar-refractivity contribution in [3.05, 3.63) is 88.0 Å². The largest absolute Gasteiger partial charge is 0.381 e. The molecule has 0 bridgehead atoms. The van der Waals surface area contributed by atoms with Crippen LogP contribution in [0, 0.1) is 11.6 Å². The molecule has 0 amide bonds. The van der Waals surface area contributed by atoms with Gasteiger partial charge in [-0.3, -0.25) is 9.36 Å². The van der Waals surface area contributed by atoms with Crippen LogP contribution in [-0.4, -0.2) is 29.4 Å². The van der Waals surface area contributed by atoms with Crippen molar-refractivity contribution in [3.63, 3.8) is 0 Å². The minimum atomic E-state index is -1.98. The van der Waals surface area contributed by atoms with E-state index in [1.165, 1.54) is 34.3 Å². The first kappa shape index (κ1) is 20.1. The first-order chi connectivity index (χ1) is 14.3. The van der Waals surface area contributed by atoms with E-state index >= 15 is 0 Å². The van der Waals surface area contributed by atoms with Crippen LogP contribution in [0.4, 0.5) is 8.78 Å². The van der Waals surface area contributed by atoms with Crippen molar-refractivity contribution in [2.75, 3.05) is 0 Å². The number of hydrogen-bond donors (Lipinski definition) is 1. The van der Waals surface area contributed by atoms with Crippen molar-refractivity contribution in [1.29, 1.82) is 0 Å². The summed E-state index contributed by atoms with van der Waals surface area (Å²) in [7, 11) is 0. The molecule has 10 heteroatoms. The molecule has 0 aliphatic rings. The van der Waals surface area contributed by atoms with Gasteiger partial charge in [-0.1, -0.05) is 17.7 Å². The molecule has 0 radical (unpaired) electrons. The van der Waals surface area contributed by atoms with E-state index in [-0.39, 0.29) is 17.5 Å². The lowest BCUT2D eigenvalue weighted by atomic mass is 9.86. The second-order valence-corrected chi connectivity index (χ2v) is 7.37. The quantitative estimate of drug-likeness (QED) is 0.525. The number of benzene rings is 2. The molecule has 0 fully saturated rings. The standard InChI is InChI=1S/C20H16ClF2N5O2/c1-12(28-11-25-18-6-13(21)2-4-15(18)19(28)29)20(30,8-27-10-24-9-26-27)16-5-3-14(22)7-17(16)23/h2-7,9-12,30H,8H2,1H3/t12-,20?/m1/s1. The predicted octanol–water partition coefficient (Wildman–Crippen LogP) is 3.07. The van der Waals surface area contributed by atoms with Gasteiger partial charge in [-0.15, -0.1) is 0 Å². The molecule has 0 spiro atoms. The first-order valence-electron chi connectivity index (χ1n) is 8.96. The van der Waals surface area contributed by atoms with Gasteiger partial charge >= 0.3 is 0 Å². The number of nitrogens with zero attached hydrogens (tertiary/aromatic N) is 5. The van der Waals surface area contributed by atoms with E-state index in [2.05, 4.69) is 15.1 Å². The minimum Gasteiger partial charge on any atom is -0.381 e. The third kappa shape index (κ3) is 3.46. The molecule has 4 aromatic rings. The van der Waals surface area contributed by atoms with Crippen LogP contribution in [0.25, 0.3) is 10.9 Å². The maximum Gasteiger partial charge on any atom is 0.261 e.